The van der Waals surface area contributed by atoms with Gasteiger partial charge in [0.25, 0.3) is 0 Å². The van der Waals surface area contributed by atoms with E-state index in [1.165, 1.54) is 4.90 Å². The highest BCUT2D eigenvalue weighted by molar-refractivity contribution is 5.90. The van der Waals surface area contributed by atoms with Crippen LogP contribution in [0.15, 0.2) is 0 Å². The van der Waals surface area contributed by atoms with Crippen LogP contribution < -0.4 is 5.32 Å². The molecule has 0 radical (unpaired) electrons. The summed E-state index contributed by atoms with van der Waals surface area (Å²) in [6, 6.07) is 0. The molecule has 19 heavy (non-hydrogen) atoms. The lowest BCUT2D eigenvalue weighted by atomic mass is 9.90. The molecular weight excluding hydrogens is 244 g/mol. The number of hydrogen-bond acceptors (Lipinski definition) is 3. The molecule has 0 aliphatic rings. The smallest absolute Gasteiger partial charge is 0.245 e. The highest BCUT2D eigenvalue weighted by atomic mass is 16.5. The monoisotopic (exact) mass is 272 g/mol. The fraction of sp³-hybridized carbons (Fsp3) is 0.857. The fourth-order valence-electron chi connectivity index (χ4n) is 1.52. The summed E-state index contributed by atoms with van der Waals surface area (Å²) in [5.74, 6) is -0.200. The highest BCUT2D eigenvalue weighted by Gasteiger charge is 2.35. The quantitative estimate of drug-likeness (QED) is 0.744. The van der Waals surface area contributed by atoms with Gasteiger partial charge in [-0.15, -0.1) is 0 Å². The molecule has 0 atom stereocenters. The lowest BCUT2D eigenvalue weighted by molar-refractivity contribution is -0.145. The van der Waals surface area contributed by atoms with Gasteiger partial charge in [0.1, 0.15) is 5.54 Å². The van der Waals surface area contributed by atoms with E-state index in [9.17, 15) is 9.59 Å². The Morgan fingerprint density at radius 3 is 2.11 bits per heavy atom. The van der Waals surface area contributed by atoms with E-state index in [1.54, 1.807) is 28.0 Å². The SMILES string of the molecule is COCCNC(=O)C(C)(C)N(C)C(=O)CC(C)(C)C. The molecule has 112 valence electrons. The summed E-state index contributed by atoms with van der Waals surface area (Å²) in [5.41, 5.74) is -0.954. The van der Waals surface area contributed by atoms with E-state index in [2.05, 4.69) is 5.32 Å². The van der Waals surface area contributed by atoms with Crippen LogP contribution in [-0.2, 0) is 14.3 Å². The predicted octanol–water partition coefficient (Wildman–Crippen LogP) is 1.42. The summed E-state index contributed by atoms with van der Waals surface area (Å²) in [5, 5.41) is 2.76. The number of methoxy groups -OCH3 is 1. The summed E-state index contributed by atoms with van der Waals surface area (Å²) in [7, 11) is 3.25. The molecule has 0 aromatic rings. The van der Waals surface area contributed by atoms with Crippen LogP contribution in [0.3, 0.4) is 0 Å². The number of nitrogens with one attached hydrogen (secondary N) is 1. The molecule has 0 unspecified atom stereocenters. The second-order valence-corrected chi connectivity index (χ2v) is 6.50. The van der Waals surface area contributed by atoms with Crippen molar-refractivity contribution in [1.82, 2.24) is 10.2 Å². The summed E-state index contributed by atoms with van der Waals surface area (Å²) < 4.78 is 4.88. The van der Waals surface area contributed by atoms with Crippen molar-refractivity contribution >= 4 is 11.8 Å². The largest absolute Gasteiger partial charge is 0.383 e. The molecule has 0 aliphatic carbocycles. The van der Waals surface area contributed by atoms with E-state index in [-0.39, 0.29) is 17.2 Å². The summed E-state index contributed by atoms with van der Waals surface area (Å²) in [4.78, 5) is 25.8. The minimum absolute atomic E-state index is 0.0283. The second-order valence-electron chi connectivity index (χ2n) is 6.50. The van der Waals surface area contributed by atoms with E-state index >= 15 is 0 Å². The van der Waals surface area contributed by atoms with Crippen LogP contribution in [0.25, 0.3) is 0 Å². The molecule has 0 aliphatic heterocycles. The Morgan fingerprint density at radius 2 is 1.68 bits per heavy atom. The van der Waals surface area contributed by atoms with Gasteiger partial charge in [0, 0.05) is 27.1 Å². The highest BCUT2D eigenvalue weighted by Crippen LogP contribution is 2.22. The standard InChI is InChI=1S/C14H28N2O3/c1-13(2,3)10-11(17)16(6)14(4,5)12(18)15-8-9-19-7/h8-10H2,1-7H3,(H,15,18). The van der Waals surface area contributed by atoms with E-state index in [0.29, 0.717) is 19.6 Å². The van der Waals surface area contributed by atoms with Gasteiger partial charge in [0.2, 0.25) is 11.8 Å². The van der Waals surface area contributed by atoms with Crippen LogP contribution in [-0.4, -0.2) is 49.6 Å². The third-order valence-corrected chi connectivity index (χ3v) is 3.04. The van der Waals surface area contributed by atoms with Crippen molar-refractivity contribution < 1.29 is 14.3 Å². The number of carbonyl (C=O) groups is 2. The van der Waals surface area contributed by atoms with Gasteiger partial charge >= 0.3 is 0 Å². The Balaban J connectivity index is 4.61. The molecule has 0 aromatic carbocycles. The van der Waals surface area contributed by atoms with Crippen LogP contribution in [0, 0.1) is 5.41 Å². The van der Waals surface area contributed by atoms with Crippen LogP contribution in [0.1, 0.15) is 41.0 Å². The van der Waals surface area contributed by atoms with Gasteiger partial charge in [0.05, 0.1) is 6.61 Å². The molecular formula is C14H28N2O3. The molecule has 0 spiro atoms. The van der Waals surface area contributed by atoms with Crippen molar-refractivity contribution in [2.45, 2.75) is 46.6 Å². The number of ether oxygens (including phenoxy) is 1. The molecule has 0 saturated carbocycles. The maximum absolute atomic E-state index is 12.2. The van der Waals surface area contributed by atoms with Crippen LogP contribution in [0.4, 0.5) is 0 Å². The van der Waals surface area contributed by atoms with Crippen LogP contribution in [0.2, 0.25) is 0 Å². The molecule has 0 saturated heterocycles. The normalized spacial score (nSPS) is 12.2. The maximum atomic E-state index is 12.2. The topological polar surface area (TPSA) is 58.6 Å². The Kier molecular flexibility index (Phi) is 6.49. The van der Waals surface area contributed by atoms with Crippen molar-refractivity contribution in [3.63, 3.8) is 0 Å². The van der Waals surface area contributed by atoms with Crippen molar-refractivity contribution in [3.05, 3.63) is 0 Å². The van der Waals surface area contributed by atoms with Gasteiger partial charge in [-0.2, -0.15) is 0 Å². The van der Waals surface area contributed by atoms with E-state index in [1.807, 2.05) is 20.8 Å². The maximum Gasteiger partial charge on any atom is 0.245 e. The van der Waals surface area contributed by atoms with Gasteiger partial charge < -0.3 is 15.0 Å². The molecule has 0 fully saturated rings. The minimum Gasteiger partial charge on any atom is -0.383 e. The fourth-order valence-corrected chi connectivity index (χ4v) is 1.52. The first-order chi connectivity index (χ1) is 8.52. The van der Waals surface area contributed by atoms with E-state index < -0.39 is 5.54 Å². The first kappa shape index (κ1) is 17.9. The second kappa shape index (κ2) is 6.89. The van der Waals surface area contributed by atoms with Gasteiger partial charge in [-0.1, -0.05) is 20.8 Å². The summed E-state index contributed by atoms with van der Waals surface area (Å²) in [6.07, 6.45) is 0.415. The number of rotatable bonds is 6. The molecule has 5 heteroatoms. The molecule has 1 N–H and O–H groups in total. The van der Waals surface area contributed by atoms with Crippen LogP contribution >= 0.6 is 0 Å². The zero-order valence-electron chi connectivity index (χ0n) is 13.3. The minimum atomic E-state index is -0.865. The van der Waals surface area contributed by atoms with E-state index in [4.69, 9.17) is 4.74 Å². The van der Waals surface area contributed by atoms with E-state index in [0.717, 1.165) is 0 Å². The molecule has 5 nitrogen and oxygen atoms in total. The average Bonchev–Trinajstić information content (AvgIpc) is 2.25. The Morgan fingerprint density at radius 1 is 1.16 bits per heavy atom. The molecule has 0 rings (SSSR count). The van der Waals surface area contributed by atoms with Crippen molar-refractivity contribution in [3.8, 4) is 0 Å². The van der Waals surface area contributed by atoms with Crippen LogP contribution in [0.5, 0.6) is 0 Å². The van der Waals surface area contributed by atoms with Crippen molar-refractivity contribution in [2.75, 3.05) is 27.3 Å². The predicted molar refractivity (Wildman–Crippen MR) is 75.8 cm³/mol. The lowest BCUT2D eigenvalue weighted by Crippen LogP contribution is -2.56. The molecule has 0 aromatic heterocycles. The average molecular weight is 272 g/mol. The number of likely N-dealkylation sites (N-methyl/N-ethyl adjacent to an activating group) is 1. The van der Waals surface area contributed by atoms with Crippen molar-refractivity contribution in [2.24, 2.45) is 5.41 Å². The Hall–Kier alpha value is -1.10. The summed E-state index contributed by atoms with van der Waals surface area (Å²) in [6.45, 7) is 10.4. The first-order valence-electron chi connectivity index (χ1n) is 6.56. The number of nitrogens with zero attached hydrogens (tertiary/aromatic N) is 1. The zero-order chi connectivity index (χ0) is 15.3. The van der Waals surface area contributed by atoms with Crippen molar-refractivity contribution in [1.29, 1.82) is 0 Å². The van der Waals surface area contributed by atoms with Gasteiger partial charge in [-0.05, 0) is 19.3 Å². The molecule has 0 heterocycles. The Labute approximate surface area is 116 Å². The van der Waals surface area contributed by atoms with Gasteiger partial charge in [-0.25, -0.2) is 0 Å². The third-order valence-electron chi connectivity index (χ3n) is 3.04. The number of amides is 2. The summed E-state index contributed by atoms with van der Waals surface area (Å²) >= 11 is 0. The number of carbonyl (C=O) groups excluding carboxylic acids is 2. The Bertz CT molecular complexity index is 319. The number of hydrogen-bond donors (Lipinski definition) is 1. The van der Waals surface area contributed by atoms with Gasteiger partial charge in [0.15, 0.2) is 0 Å². The molecule has 0 bridgehead atoms. The first-order valence-corrected chi connectivity index (χ1v) is 6.56. The molecule has 2 amide bonds. The zero-order valence-corrected chi connectivity index (χ0v) is 13.3. The van der Waals surface area contributed by atoms with Gasteiger partial charge in [-0.3, -0.25) is 9.59 Å². The lowest BCUT2D eigenvalue weighted by Gasteiger charge is -2.35. The third kappa shape index (κ3) is 6.05.